The molecule has 1 amide bonds. The highest BCUT2D eigenvalue weighted by molar-refractivity contribution is 7.13. The number of halogens is 1. The van der Waals surface area contributed by atoms with Crippen molar-refractivity contribution in [2.75, 3.05) is 0 Å². The van der Waals surface area contributed by atoms with Crippen LogP contribution >= 0.6 is 22.9 Å². The van der Waals surface area contributed by atoms with Gasteiger partial charge in [-0.1, -0.05) is 36.7 Å². The summed E-state index contributed by atoms with van der Waals surface area (Å²) in [6.45, 7) is 2.04. The lowest BCUT2D eigenvalue weighted by atomic mass is 10.0. The van der Waals surface area contributed by atoms with Crippen molar-refractivity contribution in [1.29, 1.82) is 0 Å². The van der Waals surface area contributed by atoms with E-state index in [9.17, 15) is 4.79 Å². The number of pyridine rings is 1. The van der Waals surface area contributed by atoms with Crippen molar-refractivity contribution in [1.82, 2.24) is 15.3 Å². The lowest BCUT2D eigenvalue weighted by molar-refractivity contribution is -0.121. The van der Waals surface area contributed by atoms with Gasteiger partial charge < -0.3 is 5.32 Å². The lowest BCUT2D eigenvalue weighted by Gasteiger charge is -2.17. The Morgan fingerprint density at radius 1 is 1.24 bits per heavy atom. The summed E-state index contributed by atoms with van der Waals surface area (Å²) in [4.78, 5) is 21.2. The molecule has 0 aliphatic heterocycles. The second kappa shape index (κ2) is 8.23. The van der Waals surface area contributed by atoms with Gasteiger partial charge in [-0.2, -0.15) is 0 Å². The number of amides is 1. The van der Waals surface area contributed by atoms with E-state index in [1.54, 1.807) is 6.20 Å². The average Bonchev–Trinajstić information content (AvgIpc) is 3.10. The first-order chi connectivity index (χ1) is 12.2. The Balaban J connectivity index is 1.64. The highest BCUT2D eigenvalue weighted by Crippen LogP contribution is 2.22. The van der Waals surface area contributed by atoms with E-state index in [1.165, 1.54) is 11.3 Å². The highest BCUT2D eigenvalue weighted by Gasteiger charge is 2.15. The number of aromatic nitrogens is 2. The minimum atomic E-state index is -0.0420. The van der Waals surface area contributed by atoms with Crippen LogP contribution in [-0.2, 0) is 11.2 Å². The largest absolute Gasteiger partial charge is 0.349 e. The third kappa shape index (κ3) is 4.65. The zero-order valence-corrected chi connectivity index (χ0v) is 15.3. The predicted octanol–water partition coefficient (Wildman–Crippen LogP) is 4.67. The number of hydrogen-bond donors (Lipinski definition) is 1. The van der Waals surface area contributed by atoms with Crippen molar-refractivity contribution < 1.29 is 4.79 Å². The molecule has 25 heavy (non-hydrogen) atoms. The zero-order valence-electron chi connectivity index (χ0n) is 13.8. The van der Waals surface area contributed by atoms with Crippen LogP contribution in [0.3, 0.4) is 0 Å². The third-order valence-electron chi connectivity index (χ3n) is 3.79. The minimum absolute atomic E-state index is 0.0290. The number of nitrogens with zero attached hydrogens (tertiary/aromatic N) is 2. The molecule has 1 unspecified atom stereocenters. The van der Waals surface area contributed by atoms with E-state index >= 15 is 0 Å². The van der Waals surface area contributed by atoms with Gasteiger partial charge in [0.2, 0.25) is 5.91 Å². The Hall–Kier alpha value is -2.24. The lowest BCUT2D eigenvalue weighted by Crippen LogP contribution is -2.29. The van der Waals surface area contributed by atoms with Crippen molar-refractivity contribution in [3.63, 3.8) is 0 Å². The van der Waals surface area contributed by atoms with Crippen LogP contribution in [0.2, 0.25) is 5.02 Å². The minimum Gasteiger partial charge on any atom is -0.349 e. The Bertz CT molecular complexity index is 833. The maximum absolute atomic E-state index is 12.4. The first-order valence-electron chi connectivity index (χ1n) is 8.06. The number of hydrogen-bond acceptors (Lipinski definition) is 4. The molecule has 4 nitrogen and oxygen atoms in total. The Kier molecular flexibility index (Phi) is 5.79. The fraction of sp³-hybridized carbons (Fsp3) is 0.211. The molecule has 128 valence electrons. The van der Waals surface area contributed by atoms with Crippen LogP contribution in [0, 0.1) is 0 Å². The van der Waals surface area contributed by atoms with Crippen LogP contribution < -0.4 is 5.32 Å². The van der Waals surface area contributed by atoms with Crippen molar-refractivity contribution in [3.05, 3.63) is 70.3 Å². The second-order valence-corrected chi connectivity index (χ2v) is 6.91. The summed E-state index contributed by atoms with van der Waals surface area (Å²) in [7, 11) is 0. The quantitative estimate of drug-likeness (QED) is 0.685. The van der Waals surface area contributed by atoms with Gasteiger partial charge >= 0.3 is 0 Å². The summed E-state index contributed by atoms with van der Waals surface area (Å²) < 4.78 is 0. The van der Waals surface area contributed by atoms with Gasteiger partial charge in [0.1, 0.15) is 5.01 Å². The maximum atomic E-state index is 12.4. The summed E-state index contributed by atoms with van der Waals surface area (Å²) in [6.07, 6.45) is 2.80. The molecule has 3 aromatic rings. The molecule has 2 aromatic heterocycles. The molecular weight excluding hydrogens is 354 g/mol. The summed E-state index contributed by atoms with van der Waals surface area (Å²) in [6, 6.07) is 13.2. The molecule has 0 saturated carbocycles. The molecule has 6 heteroatoms. The smallest absolute Gasteiger partial charge is 0.226 e. The van der Waals surface area contributed by atoms with Gasteiger partial charge in [-0.3, -0.25) is 9.78 Å². The molecule has 3 rings (SSSR count). The number of carbonyl (C=O) groups excluding carboxylic acids is 1. The van der Waals surface area contributed by atoms with Gasteiger partial charge in [0, 0.05) is 16.6 Å². The summed E-state index contributed by atoms with van der Waals surface area (Å²) in [5, 5.41) is 6.49. The fourth-order valence-corrected chi connectivity index (χ4v) is 3.44. The third-order valence-corrected chi connectivity index (χ3v) is 4.96. The molecule has 1 atom stereocenters. The molecule has 0 saturated heterocycles. The maximum Gasteiger partial charge on any atom is 0.226 e. The molecule has 0 radical (unpaired) electrons. The van der Waals surface area contributed by atoms with Gasteiger partial charge in [-0.25, -0.2) is 4.98 Å². The Morgan fingerprint density at radius 2 is 2.04 bits per heavy atom. The van der Waals surface area contributed by atoms with Crippen LogP contribution in [0.25, 0.3) is 10.7 Å². The summed E-state index contributed by atoms with van der Waals surface area (Å²) >= 11 is 7.42. The van der Waals surface area contributed by atoms with Crippen molar-refractivity contribution in [2.24, 2.45) is 0 Å². The van der Waals surface area contributed by atoms with Gasteiger partial charge in [0.05, 0.1) is 23.9 Å². The summed E-state index contributed by atoms with van der Waals surface area (Å²) in [5.41, 5.74) is 2.63. The van der Waals surface area contributed by atoms with Crippen molar-refractivity contribution >= 4 is 28.8 Å². The topological polar surface area (TPSA) is 54.9 Å². The molecule has 0 fully saturated rings. The Morgan fingerprint density at radius 3 is 2.72 bits per heavy atom. The fourth-order valence-electron chi connectivity index (χ4n) is 2.52. The number of thiazole rings is 1. The van der Waals surface area contributed by atoms with Gasteiger partial charge in [0.15, 0.2) is 0 Å². The van der Waals surface area contributed by atoms with Crippen molar-refractivity contribution in [3.8, 4) is 10.7 Å². The van der Waals surface area contributed by atoms with E-state index in [4.69, 9.17) is 11.6 Å². The predicted molar refractivity (Wildman–Crippen MR) is 102 cm³/mol. The number of carbonyl (C=O) groups is 1. The van der Waals surface area contributed by atoms with Gasteiger partial charge in [-0.15, -0.1) is 11.3 Å². The molecular formula is C19H18ClN3OS. The number of benzene rings is 1. The van der Waals surface area contributed by atoms with Crippen LogP contribution in [0.5, 0.6) is 0 Å². The van der Waals surface area contributed by atoms with Crippen LogP contribution in [-0.4, -0.2) is 15.9 Å². The number of rotatable bonds is 6. The first kappa shape index (κ1) is 17.6. The molecule has 0 bridgehead atoms. The Labute approximate surface area is 155 Å². The normalized spacial score (nSPS) is 11.9. The zero-order chi connectivity index (χ0) is 17.6. The van der Waals surface area contributed by atoms with E-state index in [-0.39, 0.29) is 18.4 Å². The second-order valence-electron chi connectivity index (χ2n) is 5.62. The van der Waals surface area contributed by atoms with E-state index in [0.717, 1.165) is 28.4 Å². The monoisotopic (exact) mass is 371 g/mol. The van der Waals surface area contributed by atoms with Crippen LogP contribution in [0.4, 0.5) is 0 Å². The molecule has 1 aromatic carbocycles. The number of nitrogens with one attached hydrogen (secondary N) is 1. The SMILES string of the molecule is CCC(NC(=O)Cc1csc(-c2ccccn2)n1)c1ccc(Cl)cc1. The highest BCUT2D eigenvalue weighted by atomic mass is 35.5. The van der Waals surface area contributed by atoms with Crippen LogP contribution in [0.15, 0.2) is 54.0 Å². The first-order valence-corrected chi connectivity index (χ1v) is 9.32. The molecule has 0 aliphatic rings. The van der Waals surface area contributed by atoms with E-state index < -0.39 is 0 Å². The summed E-state index contributed by atoms with van der Waals surface area (Å²) in [5.74, 6) is -0.0420. The van der Waals surface area contributed by atoms with E-state index in [1.807, 2.05) is 54.8 Å². The van der Waals surface area contributed by atoms with E-state index in [2.05, 4.69) is 15.3 Å². The molecule has 0 spiro atoms. The standard InChI is InChI=1S/C19H18ClN3OS/c1-2-16(13-6-8-14(20)9-7-13)23-18(24)11-15-12-25-19(22-15)17-5-3-4-10-21-17/h3-10,12,16H,2,11H2,1H3,(H,23,24). The van der Waals surface area contributed by atoms with Gasteiger partial charge in [0.25, 0.3) is 0 Å². The average molecular weight is 372 g/mol. The van der Waals surface area contributed by atoms with Crippen LogP contribution in [0.1, 0.15) is 30.6 Å². The molecule has 1 N–H and O–H groups in total. The van der Waals surface area contributed by atoms with Crippen molar-refractivity contribution in [2.45, 2.75) is 25.8 Å². The van der Waals surface area contributed by atoms with E-state index in [0.29, 0.717) is 5.02 Å². The molecule has 0 aliphatic carbocycles. The molecule has 2 heterocycles. The van der Waals surface area contributed by atoms with Gasteiger partial charge in [-0.05, 0) is 36.2 Å².